The lowest BCUT2D eigenvalue weighted by Gasteiger charge is -2.35. The van der Waals surface area contributed by atoms with Crippen LogP contribution in [0.2, 0.25) is 5.02 Å². The molecule has 60 heavy (non-hydrogen) atoms. The summed E-state index contributed by atoms with van der Waals surface area (Å²) in [5.74, 6) is -2.62. The molecular weight excluding hydrogens is 788 g/mol. The van der Waals surface area contributed by atoms with Crippen molar-refractivity contribution < 1.29 is 42.9 Å². The molecule has 2 fully saturated rings. The molecule has 13 nitrogen and oxygen atoms in total. The monoisotopic (exact) mass is 850 g/mol. The van der Waals surface area contributed by atoms with E-state index >= 15 is 0 Å². The van der Waals surface area contributed by atoms with E-state index in [0.29, 0.717) is 18.1 Å². The highest BCUT2D eigenvalue weighted by molar-refractivity contribution is 6.31. The summed E-state index contributed by atoms with van der Waals surface area (Å²) in [5.41, 5.74) is 2.03. The maximum Gasteiger partial charge on any atom is 0.410 e. The smallest absolute Gasteiger partial charge is 0.410 e. The van der Waals surface area contributed by atoms with E-state index in [1.807, 2.05) is 60.6 Å². The highest BCUT2D eigenvalue weighted by atomic mass is 35.5. The largest absolute Gasteiger partial charge is 0.459 e. The van der Waals surface area contributed by atoms with E-state index in [1.165, 1.54) is 6.08 Å². The summed E-state index contributed by atoms with van der Waals surface area (Å²) in [6, 6.07) is 12.8. The van der Waals surface area contributed by atoms with Crippen molar-refractivity contribution in [1.82, 2.24) is 20.4 Å². The maximum atomic E-state index is 13.8. The number of halogens is 1. The number of esters is 2. The van der Waals surface area contributed by atoms with Gasteiger partial charge in [-0.1, -0.05) is 74.8 Å². The van der Waals surface area contributed by atoms with Crippen LogP contribution in [-0.2, 0) is 51.1 Å². The highest BCUT2D eigenvalue weighted by Gasteiger charge is 2.48. The van der Waals surface area contributed by atoms with E-state index < -0.39 is 53.0 Å². The number of amides is 3. The minimum Gasteiger partial charge on any atom is -0.459 e. The summed E-state index contributed by atoms with van der Waals surface area (Å²) >= 11 is 6.38. The van der Waals surface area contributed by atoms with Gasteiger partial charge in [0.15, 0.2) is 6.10 Å². The number of nitrogens with one attached hydrogen (secondary N) is 2. The lowest BCUT2D eigenvalue weighted by Crippen LogP contribution is -2.51. The predicted octanol–water partition coefficient (Wildman–Crippen LogP) is 6.48. The van der Waals surface area contributed by atoms with Crippen LogP contribution in [0.3, 0.4) is 0 Å². The molecule has 0 radical (unpaired) electrons. The second kappa shape index (κ2) is 19.9. The Morgan fingerprint density at radius 3 is 2.27 bits per heavy atom. The van der Waals surface area contributed by atoms with E-state index in [4.69, 9.17) is 30.5 Å². The normalized spacial score (nSPS) is 25.7. The molecule has 14 heteroatoms. The van der Waals surface area contributed by atoms with Crippen molar-refractivity contribution in [3.05, 3.63) is 81.9 Å². The second-order valence-electron chi connectivity index (χ2n) is 18.5. The average Bonchev–Trinajstić information content (AvgIpc) is 3.98. The van der Waals surface area contributed by atoms with Crippen molar-refractivity contribution in [2.75, 3.05) is 32.7 Å². The summed E-state index contributed by atoms with van der Waals surface area (Å²) in [6.07, 6.45) is 0.864. The molecule has 3 aliphatic rings. The Kier molecular flexibility index (Phi) is 15.5. The SMILES string of the molecule is Cc1ccc(C[C@H]2NC(=O)/C=C/C[C@@H]([C@H](C)[C@H]3O[C@@H]3c3ccc(CN4CCN(C(=O)OC(C)(C)C)CC4)cc3)OC(=O)[C@H](CC(C)C)OC(=O)C(C)(C)CNC2=O)cc1Cl. The number of nitrogens with zero attached hydrogens (tertiary/aromatic N) is 2. The van der Waals surface area contributed by atoms with Gasteiger partial charge in [0.1, 0.15) is 23.9 Å². The fourth-order valence-electron chi connectivity index (χ4n) is 7.23. The van der Waals surface area contributed by atoms with Gasteiger partial charge in [0.2, 0.25) is 11.8 Å². The standard InChI is InChI=1S/C46H63ClN4O9/c1-28(2)23-37-42(54)57-36(11-10-12-38(52)49-35(25-32-14-13-29(3)34(47)24-32)41(53)48-27-46(8,9)43(55)58-37)30(4)39-40(59-39)33-17-15-31(16-18-33)26-50-19-21-51(22-20-50)44(56)60-45(5,6)7/h10,12-18,24,28,30,35-37,39-40H,11,19-23,25-27H2,1-9H3,(H,48,53)(H,49,52)/b12-10+/t30-,35+,36-,37-,39+,40+/m0/s1. The number of hydrogen-bond donors (Lipinski definition) is 2. The van der Waals surface area contributed by atoms with Gasteiger partial charge in [-0.3, -0.25) is 19.3 Å². The number of ether oxygens (including phenoxy) is 4. The van der Waals surface area contributed by atoms with Crippen molar-refractivity contribution in [2.24, 2.45) is 17.3 Å². The Bertz CT molecular complexity index is 1880. The fraction of sp³-hybridized carbons (Fsp3) is 0.587. The third-order valence-electron chi connectivity index (χ3n) is 11.0. The Morgan fingerprint density at radius 1 is 0.967 bits per heavy atom. The lowest BCUT2D eigenvalue weighted by molar-refractivity contribution is -0.179. The number of cyclic esters (lactones) is 2. The van der Waals surface area contributed by atoms with Crippen LogP contribution in [-0.4, -0.2) is 102 Å². The molecule has 3 aliphatic heterocycles. The first kappa shape index (κ1) is 46.6. The van der Waals surface area contributed by atoms with Crippen LogP contribution in [0.1, 0.15) is 96.6 Å². The molecule has 0 aromatic heterocycles. The van der Waals surface area contributed by atoms with Gasteiger partial charge in [0, 0.05) is 63.1 Å². The lowest BCUT2D eigenvalue weighted by atomic mass is 9.92. The minimum atomic E-state index is -1.21. The van der Waals surface area contributed by atoms with Crippen LogP contribution in [0, 0.1) is 24.2 Å². The van der Waals surface area contributed by atoms with Crippen molar-refractivity contribution in [3.8, 4) is 0 Å². The molecule has 0 spiro atoms. The molecule has 2 aromatic carbocycles. The Morgan fingerprint density at radius 2 is 1.63 bits per heavy atom. The van der Waals surface area contributed by atoms with E-state index in [2.05, 4.69) is 39.8 Å². The zero-order valence-electron chi connectivity index (χ0n) is 36.5. The van der Waals surface area contributed by atoms with E-state index in [-0.39, 0.29) is 55.9 Å². The molecule has 0 unspecified atom stereocenters. The molecule has 6 atom stereocenters. The van der Waals surface area contributed by atoms with Crippen LogP contribution >= 0.6 is 11.6 Å². The van der Waals surface area contributed by atoms with Gasteiger partial charge in [-0.05, 0) is 88.3 Å². The molecule has 328 valence electrons. The van der Waals surface area contributed by atoms with Crippen LogP contribution in [0.15, 0.2) is 54.6 Å². The number of carbonyl (C=O) groups is 5. The highest BCUT2D eigenvalue weighted by Crippen LogP contribution is 2.45. The summed E-state index contributed by atoms with van der Waals surface area (Å²) in [6.45, 7) is 19.9. The molecule has 0 bridgehead atoms. The molecule has 0 aliphatic carbocycles. The predicted molar refractivity (Wildman–Crippen MR) is 228 cm³/mol. The summed E-state index contributed by atoms with van der Waals surface area (Å²) in [7, 11) is 0. The number of piperazine rings is 1. The van der Waals surface area contributed by atoms with Crippen LogP contribution in [0.25, 0.3) is 0 Å². The zero-order valence-corrected chi connectivity index (χ0v) is 37.3. The molecule has 3 heterocycles. The van der Waals surface area contributed by atoms with Crippen molar-refractivity contribution in [1.29, 1.82) is 0 Å². The average molecular weight is 851 g/mol. The number of carbonyl (C=O) groups excluding carboxylic acids is 5. The summed E-state index contributed by atoms with van der Waals surface area (Å²) in [4.78, 5) is 70.9. The maximum absolute atomic E-state index is 13.8. The van der Waals surface area contributed by atoms with Gasteiger partial charge in [0.25, 0.3) is 0 Å². The van der Waals surface area contributed by atoms with Crippen molar-refractivity contribution in [2.45, 2.75) is 124 Å². The van der Waals surface area contributed by atoms with Crippen LogP contribution < -0.4 is 10.6 Å². The molecule has 0 saturated carbocycles. The van der Waals surface area contributed by atoms with E-state index in [0.717, 1.165) is 41.9 Å². The number of epoxide rings is 1. The quantitative estimate of drug-likeness (QED) is 0.163. The first-order valence-corrected chi connectivity index (χ1v) is 21.4. The third kappa shape index (κ3) is 13.3. The number of aryl methyl sites for hydroxylation is 1. The van der Waals surface area contributed by atoms with Crippen LogP contribution in [0.4, 0.5) is 4.79 Å². The second-order valence-corrected chi connectivity index (χ2v) is 18.9. The molecular formula is C46H63ClN4O9. The minimum absolute atomic E-state index is 0.000204. The van der Waals surface area contributed by atoms with Gasteiger partial charge >= 0.3 is 18.0 Å². The topological polar surface area (TPSA) is 156 Å². The Labute approximate surface area is 359 Å². The van der Waals surface area contributed by atoms with Gasteiger partial charge in [-0.25, -0.2) is 9.59 Å². The van der Waals surface area contributed by atoms with Crippen molar-refractivity contribution >= 4 is 41.4 Å². The first-order valence-electron chi connectivity index (χ1n) is 21.0. The molecule has 2 saturated heterocycles. The number of rotatable bonds is 9. The first-order chi connectivity index (χ1) is 28.2. The van der Waals surface area contributed by atoms with Crippen LogP contribution in [0.5, 0.6) is 0 Å². The van der Waals surface area contributed by atoms with E-state index in [9.17, 15) is 24.0 Å². The third-order valence-corrected chi connectivity index (χ3v) is 11.4. The Balaban J connectivity index is 1.28. The molecule has 2 N–H and O–H groups in total. The van der Waals surface area contributed by atoms with Gasteiger partial charge in [-0.2, -0.15) is 0 Å². The van der Waals surface area contributed by atoms with Gasteiger partial charge < -0.3 is 34.5 Å². The zero-order chi connectivity index (χ0) is 43.9. The summed E-state index contributed by atoms with van der Waals surface area (Å²) in [5, 5.41) is 6.15. The molecule has 5 rings (SSSR count). The summed E-state index contributed by atoms with van der Waals surface area (Å²) < 4.78 is 23.8. The van der Waals surface area contributed by atoms with Crippen molar-refractivity contribution in [3.63, 3.8) is 0 Å². The molecule has 3 amide bonds. The number of hydrogen-bond acceptors (Lipinski definition) is 10. The fourth-order valence-corrected chi connectivity index (χ4v) is 7.44. The van der Waals surface area contributed by atoms with E-state index in [1.54, 1.807) is 30.9 Å². The van der Waals surface area contributed by atoms with Gasteiger partial charge in [-0.15, -0.1) is 0 Å². The Hall–Kier alpha value is -4.46. The number of benzene rings is 2. The molecule has 2 aromatic rings. The van der Waals surface area contributed by atoms with Gasteiger partial charge in [0.05, 0.1) is 11.5 Å².